The third-order valence-corrected chi connectivity index (χ3v) is 4.85. The number of hydrogen-bond acceptors (Lipinski definition) is 3. The van der Waals surface area contributed by atoms with E-state index in [1.165, 1.54) is 24.3 Å². The van der Waals surface area contributed by atoms with Gasteiger partial charge in [0.25, 0.3) is 0 Å². The number of sulfone groups is 1. The van der Waals surface area contributed by atoms with Crippen LogP contribution >= 0.6 is 0 Å². The fraction of sp³-hybridized carbons (Fsp3) is 0.133. The smallest absolute Gasteiger partial charge is 0.206 e. The molecule has 3 nitrogen and oxygen atoms in total. The summed E-state index contributed by atoms with van der Waals surface area (Å²) in [6.45, 7) is 3.82. The van der Waals surface area contributed by atoms with Crippen molar-refractivity contribution in [2.45, 2.75) is 23.6 Å². The Balaban J connectivity index is 2.52. The lowest BCUT2D eigenvalue weighted by Gasteiger charge is -2.07. The van der Waals surface area contributed by atoms with E-state index in [9.17, 15) is 8.42 Å². The molecular formula is C15H13NO2S. The number of nitriles is 1. The van der Waals surface area contributed by atoms with Crippen LogP contribution < -0.4 is 0 Å². The second kappa shape index (κ2) is 4.87. The van der Waals surface area contributed by atoms with Crippen molar-refractivity contribution in [1.82, 2.24) is 0 Å². The van der Waals surface area contributed by atoms with Crippen LogP contribution in [0.5, 0.6) is 0 Å². The topological polar surface area (TPSA) is 57.9 Å². The van der Waals surface area contributed by atoms with Crippen LogP contribution in [0.3, 0.4) is 0 Å². The highest BCUT2D eigenvalue weighted by Crippen LogP contribution is 2.23. The Bertz CT molecular complexity index is 754. The minimum atomic E-state index is -3.51. The predicted molar refractivity (Wildman–Crippen MR) is 72.5 cm³/mol. The van der Waals surface area contributed by atoms with Gasteiger partial charge in [-0.1, -0.05) is 6.07 Å². The van der Waals surface area contributed by atoms with Gasteiger partial charge in [-0.3, -0.25) is 0 Å². The molecule has 2 rings (SSSR count). The van der Waals surface area contributed by atoms with E-state index in [-0.39, 0.29) is 9.79 Å². The Hall–Kier alpha value is -2.12. The highest BCUT2D eigenvalue weighted by Gasteiger charge is 2.17. The lowest BCUT2D eigenvalue weighted by Crippen LogP contribution is -2.02. The summed E-state index contributed by atoms with van der Waals surface area (Å²) < 4.78 is 24.8. The Morgan fingerprint density at radius 1 is 0.895 bits per heavy atom. The van der Waals surface area contributed by atoms with Crippen molar-refractivity contribution in [2.75, 3.05) is 0 Å². The SMILES string of the molecule is Cc1ccc(S(=O)(=O)c2ccc(C#N)cc2)cc1C. The lowest BCUT2D eigenvalue weighted by molar-refractivity contribution is 0.596. The highest BCUT2D eigenvalue weighted by molar-refractivity contribution is 7.91. The van der Waals surface area contributed by atoms with Gasteiger partial charge in [0.15, 0.2) is 0 Å². The Morgan fingerprint density at radius 2 is 1.47 bits per heavy atom. The fourth-order valence-electron chi connectivity index (χ4n) is 1.73. The van der Waals surface area contributed by atoms with Crippen LogP contribution in [0.2, 0.25) is 0 Å². The van der Waals surface area contributed by atoms with Crippen molar-refractivity contribution in [1.29, 1.82) is 5.26 Å². The summed E-state index contributed by atoms with van der Waals surface area (Å²) in [5.74, 6) is 0. The van der Waals surface area contributed by atoms with E-state index in [4.69, 9.17) is 5.26 Å². The molecule has 0 radical (unpaired) electrons. The van der Waals surface area contributed by atoms with Gasteiger partial charge < -0.3 is 0 Å². The molecule has 2 aromatic rings. The van der Waals surface area contributed by atoms with Crippen molar-refractivity contribution in [3.63, 3.8) is 0 Å². The Labute approximate surface area is 113 Å². The molecule has 0 bridgehead atoms. The molecule has 0 saturated heterocycles. The first kappa shape index (κ1) is 13.3. The van der Waals surface area contributed by atoms with E-state index >= 15 is 0 Å². The van der Waals surface area contributed by atoms with Crippen molar-refractivity contribution in [2.24, 2.45) is 0 Å². The molecular weight excluding hydrogens is 258 g/mol. The molecule has 19 heavy (non-hydrogen) atoms. The first-order chi connectivity index (χ1) is 8.95. The first-order valence-electron chi connectivity index (χ1n) is 5.77. The molecule has 0 aliphatic heterocycles. The molecule has 0 unspecified atom stereocenters. The van der Waals surface area contributed by atoms with Gasteiger partial charge in [0, 0.05) is 0 Å². The average Bonchev–Trinajstić information content (AvgIpc) is 2.41. The van der Waals surface area contributed by atoms with Crippen LogP contribution in [-0.4, -0.2) is 8.42 Å². The third-order valence-electron chi connectivity index (χ3n) is 3.08. The summed E-state index contributed by atoms with van der Waals surface area (Å²) in [5.41, 5.74) is 2.44. The van der Waals surface area contributed by atoms with Crippen molar-refractivity contribution in [3.8, 4) is 6.07 Å². The van der Waals surface area contributed by atoms with Gasteiger partial charge in [0.2, 0.25) is 9.84 Å². The van der Waals surface area contributed by atoms with Crippen molar-refractivity contribution < 1.29 is 8.42 Å². The second-order valence-corrected chi connectivity index (χ2v) is 6.34. The zero-order valence-corrected chi connectivity index (χ0v) is 11.5. The van der Waals surface area contributed by atoms with Gasteiger partial charge in [0.05, 0.1) is 21.4 Å². The van der Waals surface area contributed by atoms with Crippen LogP contribution in [0.4, 0.5) is 0 Å². The molecule has 0 amide bonds. The summed E-state index contributed by atoms with van der Waals surface area (Å²) >= 11 is 0. The summed E-state index contributed by atoms with van der Waals surface area (Å²) in [7, 11) is -3.51. The van der Waals surface area contributed by atoms with Crippen LogP contribution in [-0.2, 0) is 9.84 Å². The quantitative estimate of drug-likeness (QED) is 0.843. The van der Waals surface area contributed by atoms with E-state index < -0.39 is 9.84 Å². The fourth-order valence-corrected chi connectivity index (χ4v) is 3.07. The zero-order valence-electron chi connectivity index (χ0n) is 10.7. The minimum Gasteiger partial charge on any atom is -0.219 e. The van der Waals surface area contributed by atoms with Gasteiger partial charge in [0.1, 0.15) is 0 Å². The molecule has 0 saturated carbocycles. The number of benzene rings is 2. The maximum Gasteiger partial charge on any atom is 0.206 e. The molecule has 0 aliphatic rings. The second-order valence-electron chi connectivity index (χ2n) is 4.39. The molecule has 0 aromatic heterocycles. The molecule has 0 N–H and O–H groups in total. The van der Waals surface area contributed by atoms with E-state index in [1.54, 1.807) is 18.2 Å². The van der Waals surface area contributed by atoms with Crippen LogP contribution in [0.1, 0.15) is 16.7 Å². The Morgan fingerprint density at radius 3 is 2.00 bits per heavy atom. The number of aryl methyl sites for hydroxylation is 2. The summed E-state index contributed by atoms with van der Waals surface area (Å²) in [6, 6.07) is 13.0. The van der Waals surface area contributed by atoms with Crippen LogP contribution in [0.25, 0.3) is 0 Å². The molecule has 2 aromatic carbocycles. The lowest BCUT2D eigenvalue weighted by atomic mass is 10.1. The zero-order chi connectivity index (χ0) is 14.0. The summed E-state index contributed by atoms with van der Waals surface area (Å²) in [5, 5.41) is 8.72. The largest absolute Gasteiger partial charge is 0.219 e. The first-order valence-corrected chi connectivity index (χ1v) is 7.26. The van der Waals surface area contributed by atoms with Gasteiger partial charge in [-0.2, -0.15) is 5.26 Å². The third kappa shape index (κ3) is 2.51. The van der Waals surface area contributed by atoms with Gasteiger partial charge in [-0.05, 0) is 61.4 Å². The summed E-state index contributed by atoms with van der Waals surface area (Å²) in [6.07, 6.45) is 0. The average molecular weight is 271 g/mol. The van der Waals surface area contributed by atoms with E-state index in [2.05, 4.69) is 0 Å². The molecule has 0 atom stereocenters. The van der Waals surface area contributed by atoms with Crippen molar-refractivity contribution >= 4 is 9.84 Å². The summed E-state index contributed by atoms with van der Waals surface area (Å²) in [4.78, 5) is 0.482. The van der Waals surface area contributed by atoms with Gasteiger partial charge >= 0.3 is 0 Å². The normalized spacial score (nSPS) is 11.0. The number of hydrogen-bond donors (Lipinski definition) is 0. The monoisotopic (exact) mass is 271 g/mol. The standard InChI is InChI=1S/C15H13NO2S/c1-11-3-6-15(9-12(11)2)19(17,18)14-7-4-13(10-16)5-8-14/h3-9H,1-2H3. The highest BCUT2D eigenvalue weighted by atomic mass is 32.2. The van der Waals surface area contributed by atoms with Crippen LogP contribution in [0.15, 0.2) is 52.3 Å². The molecule has 96 valence electrons. The Kier molecular flexibility index (Phi) is 3.41. The van der Waals surface area contributed by atoms with Crippen LogP contribution in [0, 0.1) is 25.2 Å². The van der Waals surface area contributed by atoms with Gasteiger partial charge in [-0.15, -0.1) is 0 Å². The van der Waals surface area contributed by atoms with E-state index in [0.717, 1.165) is 11.1 Å². The molecule has 0 fully saturated rings. The molecule has 4 heteroatoms. The van der Waals surface area contributed by atoms with E-state index in [1.807, 2.05) is 19.9 Å². The van der Waals surface area contributed by atoms with Gasteiger partial charge in [-0.25, -0.2) is 8.42 Å². The molecule has 0 heterocycles. The molecule has 0 aliphatic carbocycles. The maximum atomic E-state index is 12.4. The minimum absolute atomic E-state index is 0.203. The maximum absolute atomic E-state index is 12.4. The number of rotatable bonds is 2. The molecule has 0 spiro atoms. The number of nitrogens with zero attached hydrogens (tertiary/aromatic N) is 1. The predicted octanol–water partition coefficient (Wildman–Crippen LogP) is 3.01. The van der Waals surface area contributed by atoms with Crippen molar-refractivity contribution in [3.05, 3.63) is 59.2 Å². The van der Waals surface area contributed by atoms with E-state index in [0.29, 0.717) is 5.56 Å².